The lowest BCUT2D eigenvalue weighted by Crippen LogP contribution is -2.36. The van der Waals surface area contributed by atoms with Crippen LogP contribution in [0.1, 0.15) is 26.7 Å². The normalized spacial score (nSPS) is 39.2. The van der Waals surface area contributed by atoms with Gasteiger partial charge in [0.1, 0.15) is 0 Å². The van der Waals surface area contributed by atoms with Crippen molar-refractivity contribution in [1.29, 1.82) is 0 Å². The molecule has 0 aromatic rings. The molecule has 2 rings (SSSR count). The molecule has 0 aliphatic heterocycles. The number of hydrogen-bond acceptors (Lipinski definition) is 2. The van der Waals surface area contributed by atoms with Crippen LogP contribution in [0.5, 0.6) is 0 Å². The first-order valence-corrected chi connectivity index (χ1v) is 6.52. The predicted molar refractivity (Wildman–Crippen MR) is 54.5 cm³/mol. The molecule has 2 bridgehead atoms. The van der Waals surface area contributed by atoms with Gasteiger partial charge in [-0.25, -0.2) is 0 Å². The van der Waals surface area contributed by atoms with E-state index in [-0.39, 0.29) is 16.6 Å². The molecular weight excluding hydrogens is 200 g/mol. The van der Waals surface area contributed by atoms with E-state index in [0.717, 1.165) is 12.8 Å². The maximum atomic E-state index is 11.0. The van der Waals surface area contributed by atoms with Gasteiger partial charge in [0.25, 0.3) is 10.1 Å². The fourth-order valence-electron chi connectivity index (χ4n) is 3.03. The first kappa shape index (κ1) is 10.2. The van der Waals surface area contributed by atoms with E-state index in [4.69, 9.17) is 4.55 Å². The molecule has 0 saturated heterocycles. The Kier molecular flexibility index (Phi) is 1.90. The summed E-state index contributed by atoms with van der Waals surface area (Å²) in [6.07, 6.45) is 6.02. The molecule has 2 aliphatic rings. The summed E-state index contributed by atoms with van der Waals surface area (Å²) in [7, 11) is -3.87. The molecule has 0 aromatic carbocycles. The minimum atomic E-state index is -3.87. The highest BCUT2D eigenvalue weighted by molar-refractivity contribution is 7.85. The SMILES string of the molecule is CC1(C)C2C=CC1(CS(=O)(=O)O)CC2. The van der Waals surface area contributed by atoms with E-state index in [1.807, 2.05) is 6.08 Å². The quantitative estimate of drug-likeness (QED) is 0.566. The molecule has 2 unspecified atom stereocenters. The van der Waals surface area contributed by atoms with Crippen LogP contribution in [0.25, 0.3) is 0 Å². The van der Waals surface area contributed by atoms with Gasteiger partial charge in [-0.1, -0.05) is 26.0 Å². The third-order valence-electron chi connectivity index (χ3n) is 4.20. The Morgan fingerprint density at radius 3 is 2.43 bits per heavy atom. The fourth-order valence-corrected chi connectivity index (χ4v) is 4.30. The highest BCUT2D eigenvalue weighted by atomic mass is 32.2. The van der Waals surface area contributed by atoms with Crippen molar-refractivity contribution in [2.45, 2.75) is 26.7 Å². The molecular formula is C10H16O3S. The van der Waals surface area contributed by atoms with Gasteiger partial charge in [-0.15, -0.1) is 0 Å². The largest absolute Gasteiger partial charge is 0.286 e. The Balaban J connectivity index is 2.37. The number of rotatable bonds is 2. The van der Waals surface area contributed by atoms with Gasteiger partial charge in [-0.2, -0.15) is 8.42 Å². The van der Waals surface area contributed by atoms with Crippen LogP contribution < -0.4 is 0 Å². The zero-order valence-corrected chi connectivity index (χ0v) is 9.34. The Hall–Kier alpha value is -0.350. The van der Waals surface area contributed by atoms with Crippen molar-refractivity contribution in [3.63, 3.8) is 0 Å². The van der Waals surface area contributed by atoms with Crippen LogP contribution >= 0.6 is 0 Å². The van der Waals surface area contributed by atoms with Crippen molar-refractivity contribution >= 4 is 10.1 Å². The van der Waals surface area contributed by atoms with E-state index in [2.05, 4.69) is 19.9 Å². The molecule has 1 fully saturated rings. The van der Waals surface area contributed by atoms with Gasteiger partial charge in [-0.3, -0.25) is 4.55 Å². The lowest BCUT2D eigenvalue weighted by Gasteiger charge is -2.36. The van der Waals surface area contributed by atoms with Crippen LogP contribution in [-0.4, -0.2) is 18.7 Å². The van der Waals surface area contributed by atoms with E-state index < -0.39 is 10.1 Å². The van der Waals surface area contributed by atoms with Crippen molar-refractivity contribution in [2.75, 3.05) is 5.75 Å². The molecule has 2 atom stereocenters. The molecule has 1 saturated carbocycles. The summed E-state index contributed by atoms with van der Waals surface area (Å²) in [4.78, 5) is 0. The average Bonchev–Trinajstić information content (AvgIpc) is 2.34. The van der Waals surface area contributed by atoms with E-state index in [9.17, 15) is 8.42 Å². The van der Waals surface area contributed by atoms with Crippen molar-refractivity contribution in [2.24, 2.45) is 16.7 Å². The second kappa shape index (κ2) is 2.61. The van der Waals surface area contributed by atoms with Gasteiger partial charge >= 0.3 is 0 Å². The summed E-state index contributed by atoms with van der Waals surface area (Å²) in [5, 5.41) is 0. The molecule has 0 aromatic heterocycles. The maximum absolute atomic E-state index is 11.0. The van der Waals surface area contributed by atoms with E-state index in [1.54, 1.807) is 0 Å². The predicted octanol–water partition coefficient (Wildman–Crippen LogP) is 1.87. The summed E-state index contributed by atoms with van der Waals surface area (Å²) in [6, 6.07) is 0. The van der Waals surface area contributed by atoms with Crippen LogP contribution in [0.15, 0.2) is 12.2 Å². The molecule has 14 heavy (non-hydrogen) atoms. The van der Waals surface area contributed by atoms with Crippen molar-refractivity contribution in [1.82, 2.24) is 0 Å². The molecule has 4 heteroatoms. The molecule has 0 radical (unpaired) electrons. The number of allylic oxidation sites excluding steroid dienone is 2. The lowest BCUT2D eigenvalue weighted by molar-refractivity contribution is 0.182. The lowest BCUT2D eigenvalue weighted by atomic mass is 9.70. The van der Waals surface area contributed by atoms with E-state index in [0.29, 0.717) is 5.92 Å². The van der Waals surface area contributed by atoms with Gasteiger partial charge in [0.15, 0.2) is 0 Å². The summed E-state index contributed by atoms with van der Waals surface area (Å²) in [5.41, 5.74) is -0.353. The summed E-state index contributed by atoms with van der Waals surface area (Å²) >= 11 is 0. The minimum Gasteiger partial charge on any atom is -0.286 e. The Morgan fingerprint density at radius 1 is 1.50 bits per heavy atom. The third-order valence-corrected chi connectivity index (χ3v) is 5.08. The molecule has 0 amide bonds. The van der Waals surface area contributed by atoms with Gasteiger partial charge < -0.3 is 0 Å². The van der Waals surface area contributed by atoms with Crippen LogP contribution in [0.3, 0.4) is 0 Å². The standard InChI is InChI=1S/C10H16O3S/c1-9(2)8-3-5-10(9,6-4-8)7-14(11,12)13/h3,5,8H,4,6-7H2,1-2H3,(H,11,12,13). The first-order chi connectivity index (χ1) is 6.27. The number of hydrogen-bond donors (Lipinski definition) is 1. The molecule has 2 aliphatic carbocycles. The fraction of sp³-hybridized carbons (Fsp3) is 0.800. The van der Waals surface area contributed by atoms with Crippen LogP contribution in [0, 0.1) is 16.7 Å². The molecule has 0 spiro atoms. The van der Waals surface area contributed by atoms with Crippen LogP contribution in [0.2, 0.25) is 0 Å². The Morgan fingerprint density at radius 2 is 2.14 bits per heavy atom. The van der Waals surface area contributed by atoms with Gasteiger partial charge in [-0.05, 0) is 24.2 Å². The van der Waals surface area contributed by atoms with Crippen molar-refractivity contribution in [3.05, 3.63) is 12.2 Å². The van der Waals surface area contributed by atoms with Crippen molar-refractivity contribution in [3.8, 4) is 0 Å². The van der Waals surface area contributed by atoms with Crippen LogP contribution in [0.4, 0.5) is 0 Å². The highest BCUT2D eigenvalue weighted by Gasteiger charge is 2.57. The maximum Gasteiger partial charge on any atom is 0.265 e. The van der Waals surface area contributed by atoms with Gasteiger partial charge in [0.2, 0.25) is 0 Å². The molecule has 1 N–H and O–H groups in total. The zero-order chi connectivity index (χ0) is 10.6. The summed E-state index contributed by atoms with van der Waals surface area (Å²) in [5.74, 6) is 0.351. The van der Waals surface area contributed by atoms with E-state index in [1.165, 1.54) is 0 Å². The smallest absolute Gasteiger partial charge is 0.265 e. The van der Waals surface area contributed by atoms with E-state index >= 15 is 0 Å². The average molecular weight is 216 g/mol. The van der Waals surface area contributed by atoms with Gasteiger partial charge in [0, 0.05) is 5.41 Å². The van der Waals surface area contributed by atoms with Gasteiger partial charge in [0.05, 0.1) is 5.75 Å². The minimum absolute atomic E-state index is 0.0250. The number of fused-ring (bicyclic) bond motifs is 2. The molecule has 0 heterocycles. The highest BCUT2D eigenvalue weighted by Crippen LogP contribution is 2.62. The summed E-state index contributed by atoms with van der Waals surface area (Å²) in [6.45, 7) is 4.19. The third kappa shape index (κ3) is 1.24. The van der Waals surface area contributed by atoms with Crippen LogP contribution in [-0.2, 0) is 10.1 Å². The second-order valence-electron chi connectivity index (χ2n) is 5.11. The van der Waals surface area contributed by atoms with Crippen molar-refractivity contribution < 1.29 is 13.0 Å². The zero-order valence-electron chi connectivity index (χ0n) is 8.53. The molecule has 3 nitrogen and oxygen atoms in total. The molecule has 80 valence electrons. The Labute approximate surface area is 85.0 Å². The second-order valence-corrected chi connectivity index (χ2v) is 6.56. The monoisotopic (exact) mass is 216 g/mol. The Bertz CT molecular complexity index is 380. The summed E-state index contributed by atoms with van der Waals surface area (Å²) < 4.78 is 30.9. The first-order valence-electron chi connectivity index (χ1n) is 4.91. The topological polar surface area (TPSA) is 54.4 Å².